The van der Waals surface area contributed by atoms with Gasteiger partial charge in [0.2, 0.25) is 0 Å². The van der Waals surface area contributed by atoms with Crippen LogP contribution in [0, 0.1) is 12.7 Å². The molecule has 2 aromatic carbocycles. The lowest BCUT2D eigenvalue weighted by atomic mass is 9.99. The van der Waals surface area contributed by atoms with E-state index in [2.05, 4.69) is 31.2 Å². The maximum atomic E-state index is 14.1. The highest BCUT2D eigenvalue weighted by atomic mass is 19.1. The van der Waals surface area contributed by atoms with Crippen LogP contribution in [0.2, 0.25) is 0 Å². The van der Waals surface area contributed by atoms with Crippen molar-refractivity contribution in [3.05, 3.63) is 90.6 Å². The average Bonchev–Trinajstić information content (AvgIpc) is 3.42. The van der Waals surface area contributed by atoms with Crippen LogP contribution >= 0.6 is 0 Å². The van der Waals surface area contributed by atoms with Crippen LogP contribution in [0.15, 0.2) is 79.3 Å². The summed E-state index contributed by atoms with van der Waals surface area (Å²) < 4.78 is 14.1. The number of aromatic nitrogens is 5. The van der Waals surface area contributed by atoms with Gasteiger partial charge in [-0.25, -0.2) is 4.39 Å². The fourth-order valence-corrected chi connectivity index (χ4v) is 4.22. The van der Waals surface area contributed by atoms with Crippen LogP contribution in [0.4, 0.5) is 4.39 Å². The molecule has 32 heavy (non-hydrogen) atoms. The number of benzene rings is 2. The Kier molecular flexibility index (Phi) is 4.11. The maximum Gasteiger partial charge on any atom is 0.124 e. The number of aryl methyl sites for hydroxylation is 1. The lowest BCUT2D eigenvalue weighted by Gasteiger charge is -2.05. The molecule has 5 nitrogen and oxygen atoms in total. The molecule has 0 spiro atoms. The van der Waals surface area contributed by atoms with Crippen LogP contribution in [0.25, 0.3) is 55.6 Å². The quantitative estimate of drug-likeness (QED) is 0.354. The van der Waals surface area contributed by atoms with E-state index in [1.807, 2.05) is 49.4 Å². The summed E-state index contributed by atoms with van der Waals surface area (Å²) in [4.78, 5) is 12.2. The number of rotatable bonds is 3. The zero-order chi connectivity index (χ0) is 21.7. The Hall–Kier alpha value is -4.32. The number of halogens is 1. The lowest BCUT2D eigenvalue weighted by Crippen LogP contribution is -1.85. The van der Waals surface area contributed by atoms with Gasteiger partial charge in [-0.3, -0.25) is 15.1 Å². The number of aromatic amines is 2. The summed E-state index contributed by atoms with van der Waals surface area (Å²) in [5, 5.41) is 9.61. The van der Waals surface area contributed by atoms with Gasteiger partial charge in [0, 0.05) is 34.2 Å². The molecule has 0 saturated carbocycles. The second-order valence-electron chi connectivity index (χ2n) is 7.90. The first-order valence-electron chi connectivity index (χ1n) is 10.3. The minimum atomic E-state index is -0.235. The van der Waals surface area contributed by atoms with E-state index in [-0.39, 0.29) is 5.82 Å². The largest absolute Gasteiger partial charge is 0.353 e. The molecule has 6 aromatic rings. The molecule has 4 aromatic heterocycles. The SMILES string of the molecule is Cc1cc(F)cc(-c2cccc3[nH]c(-c4n[nH]c5cnc(-c6cccnc6)cc45)cc23)c1. The van der Waals surface area contributed by atoms with Crippen molar-refractivity contribution >= 4 is 21.8 Å². The van der Waals surface area contributed by atoms with Crippen LogP contribution in [-0.2, 0) is 0 Å². The molecule has 0 amide bonds. The van der Waals surface area contributed by atoms with Gasteiger partial charge in [0.25, 0.3) is 0 Å². The molecule has 0 saturated heterocycles. The van der Waals surface area contributed by atoms with Gasteiger partial charge in [0.1, 0.15) is 11.5 Å². The van der Waals surface area contributed by atoms with Crippen molar-refractivity contribution in [2.24, 2.45) is 0 Å². The molecule has 0 aliphatic heterocycles. The number of nitrogens with one attached hydrogen (secondary N) is 2. The summed E-state index contributed by atoms with van der Waals surface area (Å²) in [5.41, 5.74) is 8.02. The van der Waals surface area contributed by atoms with Crippen molar-refractivity contribution in [3.8, 4) is 33.8 Å². The van der Waals surface area contributed by atoms with Crippen molar-refractivity contribution in [1.82, 2.24) is 25.1 Å². The molecule has 2 N–H and O–H groups in total. The number of H-pyrrole nitrogens is 2. The van der Waals surface area contributed by atoms with E-state index >= 15 is 0 Å². The van der Waals surface area contributed by atoms with Crippen molar-refractivity contribution < 1.29 is 4.39 Å². The van der Waals surface area contributed by atoms with E-state index in [1.165, 1.54) is 6.07 Å². The first-order chi connectivity index (χ1) is 15.7. The zero-order valence-electron chi connectivity index (χ0n) is 17.2. The van der Waals surface area contributed by atoms with Gasteiger partial charge in [0.15, 0.2) is 0 Å². The van der Waals surface area contributed by atoms with Crippen LogP contribution in [-0.4, -0.2) is 25.1 Å². The third-order valence-corrected chi connectivity index (χ3v) is 5.68. The van der Waals surface area contributed by atoms with E-state index in [1.54, 1.807) is 24.7 Å². The molecule has 0 radical (unpaired) electrons. The van der Waals surface area contributed by atoms with E-state index < -0.39 is 0 Å². The molecule has 0 aliphatic carbocycles. The molecular formula is C26H18FN5. The smallest absolute Gasteiger partial charge is 0.124 e. The molecule has 0 atom stereocenters. The number of hydrogen-bond acceptors (Lipinski definition) is 3. The van der Waals surface area contributed by atoms with Crippen LogP contribution in [0.5, 0.6) is 0 Å². The fraction of sp³-hybridized carbons (Fsp3) is 0.0385. The van der Waals surface area contributed by atoms with Gasteiger partial charge in [-0.1, -0.05) is 18.2 Å². The Balaban J connectivity index is 1.52. The van der Waals surface area contributed by atoms with Gasteiger partial charge >= 0.3 is 0 Å². The molecule has 0 bridgehead atoms. The number of fused-ring (bicyclic) bond motifs is 2. The first kappa shape index (κ1) is 18.4. The highest BCUT2D eigenvalue weighted by Gasteiger charge is 2.15. The van der Waals surface area contributed by atoms with E-state index in [4.69, 9.17) is 0 Å². The minimum Gasteiger partial charge on any atom is -0.353 e. The molecule has 0 unspecified atom stereocenters. The minimum absolute atomic E-state index is 0.235. The van der Waals surface area contributed by atoms with Crippen LogP contribution in [0.1, 0.15) is 5.56 Å². The van der Waals surface area contributed by atoms with Crippen LogP contribution in [0.3, 0.4) is 0 Å². The molecular weight excluding hydrogens is 401 g/mol. The predicted octanol–water partition coefficient (Wildman–Crippen LogP) is 6.28. The Morgan fingerprint density at radius 3 is 2.62 bits per heavy atom. The van der Waals surface area contributed by atoms with Crippen molar-refractivity contribution in [2.45, 2.75) is 6.92 Å². The van der Waals surface area contributed by atoms with E-state index in [9.17, 15) is 4.39 Å². The summed E-state index contributed by atoms with van der Waals surface area (Å²) in [6.07, 6.45) is 5.33. The van der Waals surface area contributed by atoms with Crippen molar-refractivity contribution in [1.29, 1.82) is 0 Å². The predicted molar refractivity (Wildman–Crippen MR) is 125 cm³/mol. The fourth-order valence-electron chi connectivity index (χ4n) is 4.22. The third-order valence-electron chi connectivity index (χ3n) is 5.68. The molecule has 0 fully saturated rings. The first-order valence-corrected chi connectivity index (χ1v) is 10.3. The summed E-state index contributed by atoms with van der Waals surface area (Å²) in [6.45, 7) is 1.90. The van der Waals surface area contributed by atoms with Gasteiger partial charge < -0.3 is 4.98 Å². The zero-order valence-corrected chi connectivity index (χ0v) is 17.2. The molecule has 4 heterocycles. The highest BCUT2D eigenvalue weighted by molar-refractivity contribution is 6.01. The van der Waals surface area contributed by atoms with Crippen molar-refractivity contribution in [3.63, 3.8) is 0 Å². The summed E-state index contributed by atoms with van der Waals surface area (Å²) in [7, 11) is 0. The van der Waals surface area contributed by atoms with E-state index in [0.717, 1.165) is 61.1 Å². The topological polar surface area (TPSA) is 70.2 Å². The van der Waals surface area contributed by atoms with Crippen molar-refractivity contribution in [2.75, 3.05) is 0 Å². The third kappa shape index (κ3) is 3.04. The summed E-state index contributed by atoms with van der Waals surface area (Å²) in [6, 6.07) is 19.1. The van der Waals surface area contributed by atoms with Gasteiger partial charge in [-0.2, -0.15) is 5.10 Å². The molecule has 6 rings (SSSR count). The normalized spacial score (nSPS) is 11.4. The second kappa shape index (κ2) is 7.13. The lowest BCUT2D eigenvalue weighted by molar-refractivity contribution is 0.627. The Morgan fingerprint density at radius 2 is 1.78 bits per heavy atom. The van der Waals surface area contributed by atoms with Gasteiger partial charge in [-0.15, -0.1) is 0 Å². The summed E-state index contributed by atoms with van der Waals surface area (Å²) in [5.74, 6) is -0.235. The Morgan fingerprint density at radius 1 is 0.844 bits per heavy atom. The number of nitrogens with zero attached hydrogens (tertiary/aromatic N) is 3. The Bertz CT molecular complexity index is 1580. The number of hydrogen-bond donors (Lipinski definition) is 2. The maximum absolute atomic E-state index is 14.1. The summed E-state index contributed by atoms with van der Waals surface area (Å²) >= 11 is 0. The van der Waals surface area contributed by atoms with Gasteiger partial charge in [0.05, 0.1) is 23.1 Å². The Labute approximate surface area is 183 Å². The number of pyridine rings is 2. The van der Waals surface area contributed by atoms with Gasteiger partial charge in [-0.05, 0) is 66.1 Å². The standard InChI is InChI=1S/C26H18FN5/c1-15-8-17(10-18(27)9-15)19-5-2-6-22-20(19)11-24(30-22)26-21-12-23(16-4-3-7-28-13-16)29-14-25(21)31-32-26/h2-14,30H,1H3,(H,31,32). The molecule has 6 heteroatoms. The van der Waals surface area contributed by atoms with E-state index in [0.29, 0.717) is 0 Å². The van der Waals surface area contributed by atoms with Crippen LogP contribution < -0.4 is 0 Å². The second-order valence-corrected chi connectivity index (χ2v) is 7.90. The highest BCUT2D eigenvalue weighted by Crippen LogP contribution is 2.35. The monoisotopic (exact) mass is 419 g/mol. The average molecular weight is 419 g/mol. The molecule has 154 valence electrons. The molecule has 0 aliphatic rings.